The average Bonchev–Trinajstić information content (AvgIpc) is 2.42. The third kappa shape index (κ3) is 3.52. The molecule has 1 aromatic rings. The number of rotatable bonds is 5. The van der Waals surface area contributed by atoms with E-state index >= 15 is 0 Å². The molecule has 1 aliphatic rings. The molecule has 0 spiro atoms. The Bertz CT molecular complexity index is 361. The first-order valence-corrected chi connectivity index (χ1v) is 7.08. The third-order valence-electron chi connectivity index (χ3n) is 4.12. The molecule has 0 aromatic carbocycles. The van der Waals surface area contributed by atoms with Crippen molar-refractivity contribution in [3.8, 4) is 0 Å². The first-order valence-electron chi connectivity index (χ1n) is 7.08. The summed E-state index contributed by atoms with van der Waals surface area (Å²) in [6.07, 6.45) is 12.0. The molecule has 1 saturated carbocycles. The summed E-state index contributed by atoms with van der Waals surface area (Å²) < 4.78 is 13.7. The van der Waals surface area contributed by atoms with E-state index < -0.39 is 0 Å². The Morgan fingerprint density at radius 2 is 2.17 bits per heavy atom. The minimum atomic E-state index is -0.194. The summed E-state index contributed by atoms with van der Waals surface area (Å²) >= 11 is 0. The van der Waals surface area contributed by atoms with Crippen LogP contribution in [0.1, 0.15) is 56.6 Å². The number of hydrogen-bond acceptors (Lipinski definition) is 2. The van der Waals surface area contributed by atoms with Gasteiger partial charge in [0, 0.05) is 17.8 Å². The summed E-state index contributed by atoms with van der Waals surface area (Å²) in [4.78, 5) is 3.81. The Kier molecular flexibility index (Phi) is 5.12. The molecule has 2 rings (SSSR count). The highest BCUT2D eigenvalue weighted by Gasteiger charge is 2.18. The van der Waals surface area contributed by atoms with E-state index in [9.17, 15) is 4.39 Å². The molecule has 18 heavy (non-hydrogen) atoms. The molecule has 0 aliphatic heterocycles. The van der Waals surface area contributed by atoms with Gasteiger partial charge in [0.1, 0.15) is 5.82 Å². The second-order valence-electron chi connectivity index (χ2n) is 5.32. The van der Waals surface area contributed by atoms with Crippen LogP contribution in [0, 0.1) is 11.7 Å². The SMILES string of the molecule is CNC(CCC1CCCCC1)c1ccncc1F. The Balaban J connectivity index is 1.91. The molecule has 1 aromatic heterocycles. The molecule has 0 bridgehead atoms. The van der Waals surface area contributed by atoms with E-state index in [0.29, 0.717) is 0 Å². The van der Waals surface area contributed by atoms with Crippen molar-refractivity contribution in [2.75, 3.05) is 7.05 Å². The number of nitrogens with zero attached hydrogens (tertiary/aromatic N) is 1. The van der Waals surface area contributed by atoms with Crippen molar-refractivity contribution in [2.24, 2.45) is 5.92 Å². The normalized spacial score (nSPS) is 18.8. The smallest absolute Gasteiger partial charge is 0.146 e. The fourth-order valence-corrected chi connectivity index (χ4v) is 3.00. The summed E-state index contributed by atoms with van der Waals surface area (Å²) in [6, 6.07) is 1.91. The Labute approximate surface area is 109 Å². The van der Waals surface area contributed by atoms with Crippen LogP contribution in [0.2, 0.25) is 0 Å². The highest BCUT2D eigenvalue weighted by molar-refractivity contribution is 5.17. The number of hydrogen-bond donors (Lipinski definition) is 1. The molecule has 1 fully saturated rings. The van der Waals surface area contributed by atoms with Gasteiger partial charge in [-0.25, -0.2) is 4.39 Å². The maximum Gasteiger partial charge on any atom is 0.146 e. The van der Waals surface area contributed by atoms with Crippen molar-refractivity contribution in [1.29, 1.82) is 0 Å². The van der Waals surface area contributed by atoms with Crippen LogP contribution in [0.25, 0.3) is 0 Å². The van der Waals surface area contributed by atoms with E-state index in [1.54, 1.807) is 12.3 Å². The van der Waals surface area contributed by atoms with Crippen molar-refractivity contribution in [3.63, 3.8) is 0 Å². The number of aromatic nitrogens is 1. The second kappa shape index (κ2) is 6.83. The zero-order valence-electron chi connectivity index (χ0n) is 11.2. The summed E-state index contributed by atoms with van der Waals surface area (Å²) in [5, 5.41) is 3.23. The zero-order valence-corrected chi connectivity index (χ0v) is 11.2. The summed E-state index contributed by atoms with van der Waals surface area (Å²) in [5.41, 5.74) is 0.753. The Hall–Kier alpha value is -0.960. The zero-order chi connectivity index (χ0) is 12.8. The lowest BCUT2D eigenvalue weighted by Gasteiger charge is -2.24. The topological polar surface area (TPSA) is 24.9 Å². The van der Waals surface area contributed by atoms with Gasteiger partial charge < -0.3 is 5.32 Å². The third-order valence-corrected chi connectivity index (χ3v) is 4.12. The summed E-state index contributed by atoms with van der Waals surface area (Å²) in [7, 11) is 1.91. The molecule has 1 heterocycles. The average molecular weight is 250 g/mol. The van der Waals surface area contributed by atoms with Gasteiger partial charge in [0.2, 0.25) is 0 Å². The maximum atomic E-state index is 13.7. The predicted octanol–water partition coefficient (Wildman–Crippen LogP) is 3.84. The summed E-state index contributed by atoms with van der Waals surface area (Å²) in [5.74, 6) is 0.653. The van der Waals surface area contributed by atoms with Gasteiger partial charge in [-0.05, 0) is 31.9 Å². The molecule has 2 nitrogen and oxygen atoms in total. The van der Waals surface area contributed by atoms with Crippen LogP contribution in [0.4, 0.5) is 4.39 Å². The van der Waals surface area contributed by atoms with Crippen molar-refractivity contribution in [1.82, 2.24) is 10.3 Å². The van der Waals surface area contributed by atoms with E-state index in [1.807, 2.05) is 7.05 Å². The van der Waals surface area contributed by atoms with Gasteiger partial charge in [-0.15, -0.1) is 0 Å². The fourth-order valence-electron chi connectivity index (χ4n) is 3.00. The lowest BCUT2D eigenvalue weighted by atomic mass is 9.84. The number of halogens is 1. The van der Waals surface area contributed by atoms with E-state index in [2.05, 4.69) is 10.3 Å². The second-order valence-corrected chi connectivity index (χ2v) is 5.32. The maximum absolute atomic E-state index is 13.7. The van der Waals surface area contributed by atoms with E-state index in [-0.39, 0.29) is 11.9 Å². The molecule has 3 heteroatoms. The highest BCUT2D eigenvalue weighted by Crippen LogP contribution is 2.30. The fraction of sp³-hybridized carbons (Fsp3) is 0.667. The van der Waals surface area contributed by atoms with Crippen LogP contribution in [0.3, 0.4) is 0 Å². The quantitative estimate of drug-likeness (QED) is 0.858. The van der Waals surface area contributed by atoms with Crippen LogP contribution in [-0.2, 0) is 0 Å². The first kappa shape index (κ1) is 13.5. The molecular formula is C15H23FN2. The van der Waals surface area contributed by atoms with Gasteiger partial charge in [0.05, 0.1) is 6.20 Å². The predicted molar refractivity (Wildman–Crippen MR) is 71.8 cm³/mol. The molecule has 1 N–H and O–H groups in total. The monoisotopic (exact) mass is 250 g/mol. The molecule has 1 unspecified atom stereocenters. The molecule has 0 saturated heterocycles. The number of nitrogens with one attached hydrogen (secondary N) is 1. The number of pyridine rings is 1. The van der Waals surface area contributed by atoms with Crippen LogP contribution in [0.5, 0.6) is 0 Å². The van der Waals surface area contributed by atoms with E-state index in [4.69, 9.17) is 0 Å². The van der Waals surface area contributed by atoms with Crippen LogP contribution in [-0.4, -0.2) is 12.0 Å². The van der Waals surface area contributed by atoms with E-state index in [1.165, 1.54) is 44.7 Å². The Morgan fingerprint density at radius 1 is 1.39 bits per heavy atom. The minimum Gasteiger partial charge on any atom is -0.313 e. The van der Waals surface area contributed by atoms with Gasteiger partial charge >= 0.3 is 0 Å². The Morgan fingerprint density at radius 3 is 2.83 bits per heavy atom. The van der Waals surface area contributed by atoms with Gasteiger partial charge in [-0.2, -0.15) is 0 Å². The van der Waals surface area contributed by atoms with Crippen LogP contribution < -0.4 is 5.32 Å². The molecule has 0 radical (unpaired) electrons. The lowest BCUT2D eigenvalue weighted by Crippen LogP contribution is -2.19. The molecular weight excluding hydrogens is 227 g/mol. The molecule has 1 aliphatic carbocycles. The van der Waals surface area contributed by atoms with Crippen molar-refractivity contribution < 1.29 is 4.39 Å². The van der Waals surface area contributed by atoms with Gasteiger partial charge in [0.25, 0.3) is 0 Å². The largest absolute Gasteiger partial charge is 0.313 e. The summed E-state index contributed by atoms with van der Waals surface area (Å²) in [6.45, 7) is 0. The van der Waals surface area contributed by atoms with Crippen LogP contribution >= 0.6 is 0 Å². The molecule has 100 valence electrons. The highest BCUT2D eigenvalue weighted by atomic mass is 19.1. The van der Waals surface area contributed by atoms with Crippen LogP contribution in [0.15, 0.2) is 18.5 Å². The molecule has 0 amide bonds. The van der Waals surface area contributed by atoms with E-state index in [0.717, 1.165) is 17.9 Å². The van der Waals surface area contributed by atoms with Crippen molar-refractivity contribution >= 4 is 0 Å². The molecule has 1 atom stereocenters. The van der Waals surface area contributed by atoms with Crippen molar-refractivity contribution in [3.05, 3.63) is 29.8 Å². The minimum absolute atomic E-state index is 0.120. The first-order chi connectivity index (χ1) is 8.81. The standard InChI is InChI=1S/C15H23FN2/c1-17-15(13-9-10-18-11-14(13)16)8-7-12-5-3-2-4-6-12/h9-12,15,17H,2-8H2,1H3. The van der Waals surface area contributed by atoms with Crippen molar-refractivity contribution in [2.45, 2.75) is 51.0 Å². The van der Waals surface area contributed by atoms with Gasteiger partial charge in [0.15, 0.2) is 0 Å². The van der Waals surface area contributed by atoms with Gasteiger partial charge in [-0.1, -0.05) is 32.1 Å². The van der Waals surface area contributed by atoms with Gasteiger partial charge in [-0.3, -0.25) is 4.98 Å². The lowest BCUT2D eigenvalue weighted by molar-refractivity contribution is 0.316.